The van der Waals surface area contributed by atoms with Crippen molar-refractivity contribution in [2.45, 2.75) is 51.5 Å². The van der Waals surface area contributed by atoms with Gasteiger partial charge in [-0.15, -0.1) is 0 Å². The zero-order chi connectivity index (χ0) is 28.7. The second-order valence-corrected chi connectivity index (χ2v) is 10.8. The van der Waals surface area contributed by atoms with Gasteiger partial charge in [-0.1, -0.05) is 45.0 Å². The SMILES string of the molecule is CC(C)(C)c1ccc(-n2nc(-c3cccnc3)cc2NCCCC(=O)NC(Cc2ccc(O)cc2)C(N)=O)cc1. The van der Waals surface area contributed by atoms with E-state index in [1.54, 1.807) is 24.5 Å². The summed E-state index contributed by atoms with van der Waals surface area (Å²) in [6.45, 7) is 7.06. The van der Waals surface area contributed by atoms with Crippen LogP contribution in [0.5, 0.6) is 5.75 Å². The number of rotatable bonds is 11. The maximum absolute atomic E-state index is 12.6. The van der Waals surface area contributed by atoms with Crippen LogP contribution in [0.1, 0.15) is 44.7 Å². The van der Waals surface area contributed by atoms with Crippen molar-refractivity contribution in [2.75, 3.05) is 11.9 Å². The molecule has 9 heteroatoms. The lowest BCUT2D eigenvalue weighted by Gasteiger charge is -2.19. The number of carbonyl (C=O) groups is 2. The molecule has 4 aromatic rings. The molecule has 0 saturated carbocycles. The average molecular weight is 541 g/mol. The van der Waals surface area contributed by atoms with Crippen LogP contribution in [-0.2, 0) is 21.4 Å². The Labute approximate surface area is 234 Å². The third-order valence-electron chi connectivity index (χ3n) is 6.59. The summed E-state index contributed by atoms with van der Waals surface area (Å²) in [7, 11) is 0. The van der Waals surface area contributed by atoms with E-state index in [2.05, 4.69) is 60.7 Å². The van der Waals surface area contributed by atoms with Gasteiger partial charge in [-0.2, -0.15) is 5.10 Å². The van der Waals surface area contributed by atoms with Gasteiger partial charge in [0.05, 0.1) is 11.4 Å². The number of aromatic hydroxyl groups is 1. The van der Waals surface area contributed by atoms with E-state index in [9.17, 15) is 14.7 Å². The van der Waals surface area contributed by atoms with Crippen molar-refractivity contribution in [1.82, 2.24) is 20.1 Å². The third-order valence-corrected chi connectivity index (χ3v) is 6.59. The largest absolute Gasteiger partial charge is 0.508 e. The minimum absolute atomic E-state index is 0.0444. The number of anilines is 1. The van der Waals surface area contributed by atoms with Gasteiger partial charge in [-0.05, 0) is 59.4 Å². The maximum Gasteiger partial charge on any atom is 0.240 e. The quantitative estimate of drug-likeness (QED) is 0.209. The summed E-state index contributed by atoms with van der Waals surface area (Å²) in [6, 6.07) is 19.8. The lowest BCUT2D eigenvalue weighted by molar-refractivity contribution is -0.127. The average Bonchev–Trinajstić information content (AvgIpc) is 3.36. The summed E-state index contributed by atoms with van der Waals surface area (Å²) in [5.74, 6) is 0.0624. The number of nitrogens with two attached hydrogens (primary N) is 1. The molecular formula is C31H36N6O3. The van der Waals surface area contributed by atoms with Crippen molar-refractivity contribution in [1.29, 1.82) is 0 Å². The van der Waals surface area contributed by atoms with Gasteiger partial charge < -0.3 is 21.5 Å². The Hall–Kier alpha value is -4.66. The lowest BCUT2D eigenvalue weighted by atomic mass is 9.87. The molecule has 2 aromatic carbocycles. The normalized spacial score (nSPS) is 12.1. The number of primary amides is 1. The molecule has 0 aliphatic heterocycles. The zero-order valence-electron chi connectivity index (χ0n) is 23.1. The van der Waals surface area contributed by atoms with E-state index in [0.29, 0.717) is 13.0 Å². The summed E-state index contributed by atoms with van der Waals surface area (Å²) >= 11 is 0. The van der Waals surface area contributed by atoms with E-state index >= 15 is 0 Å². The molecule has 0 aliphatic rings. The van der Waals surface area contributed by atoms with Crippen LogP contribution in [0.2, 0.25) is 0 Å². The minimum atomic E-state index is -0.829. The molecule has 0 fully saturated rings. The first-order chi connectivity index (χ1) is 19.1. The first-order valence-electron chi connectivity index (χ1n) is 13.3. The topological polar surface area (TPSA) is 135 Å². The van der Waals surface area contributed by atoms with Crippen LogP contribution in [0.4, 0.5) is 5.82 Å². The van der Waals surface area contributed by atoms with Crippen molar-refractivity contribution >= 4 is 17.6 Å². The number of hydrogen-bond donors (Lipinski definition) is 4. The van der Waals surface area contributed by atoms with E-state index in [-0.39, 0.29) is 29.9 Å². The van der Waals surface area contributed by atoms with Crippen LogP contribution in [0.3, 0.4) is 0 Å². The molecule has 9 nitrogen and oxygen atoms in total. The smallest absolute Gasteiger partial charge is 0.240 e. The Morgan fingerprint density at radius 3 is 2.40 bits per heavy atom. The van der Waals surface area contributed by atoms with Crippen molar-refractivity contribution < 1.29 is 14.7 Å². The van der Waals surface area contributed by atoms with Crippen LogP contribution in [0.15, 0.2) is 79.1 Å². The fourth-order valence-electron chi connectivity index (χ4n) is 4.28. The number of pyridine rings is 1. The molecule has 1 unspecified atom stereocenters. The number of nitrogens with one attached hydrogen (secondary N) is 2. The number of amides is 2. The van der Waals surface area contributed by atoms with Gasteiger partial charge in [0.1, 0.15) is 17.6 Å². The molecule has 2 heterocycles. The molecule has 4 rings (SSSR count). The molecular weight excluding hydrogens is 504 g/mol. The first-order valence-corrected chi connectivity index (χ1v) is 13.3. The van der Waals surface area contributed by atoms with Gasteiger partial charge in [0.2, 0.25) is 11.8 Å². The van der Waals surface area contributed by atoms with E-state index < -0.39 is 11.9 Å². The van der Waals surface area contributed by atoms with Gasteiger partial charge in [0.25, 0.3) is 0 Å². The van der Waals surface area contributed by atoms with Crippen molar-refractivity contribution in [2.24, 2.45) is 5.73 Å². The summed E-state index contributed by atoms with van der Waals surface area (Å²) < 4.78 is 1.86. The summed E-state index contributed by atoms with van der Waals surface area (Å²) in [4.78, 5) is 28.7. The van der Waals surface area contributed by atoms with E-state index in [1.807, 2.05) is 22.9 Å². The Balaban J connectivity index is 1.40. The highest BCUT2D eigenvalue weighted by molar-refractivity contribution is 5.86. The predicted octanol–water partition coefficient (Wildman–Crippen LogP) is 4.34. The highest BCUT2D eigenvalue weighted by Gasteiger charge is 2.19. The van der Waals surface area contributed by atoms with Crippen molar-refractivity contribution in [3.8, 4) is 22.7 Å². The number of benzene rings is 2. The molecule has 5 N–H and O–H groups in total. The highest BCUT2D eigenvalue weighted by atomic mass is 16.3. The van der Waals surface area contributed by atoms with Gasteiger partial charge in [-0.25, -0.2) is 4.68 Å². The Morgan fingerprint density at radius 2 is 1.77 bits per heavy atom. The standard InChI is InChI=1S/C31H36N6O3/c1-31(2,3)23-10-12-24(13-11-23)37-28(19-26(36-37)22-6-4-16-33-20-22)34-17-5-7-29(39)35-27(30(32)40)18-21-8-14-25(38)15-9-21/h4,6,8-16,19-20,27,34,38H,5,7,17-18H2,1-3H3,(H2,32,40)(H,35,39). The maximum atomic E-state index is 12.6. The predicted molar refractivity (Wildman–Crippen MR) is 156 cm³/mol. The van der Waals surface area contributed by atoms with Crippen LogP contribution in [-0.4, -0.2) is 44.3 Å². The monoisotopic (exact) mass is 540 g/mol. The number of hydrogen-bond acceptors (Lipinski definition) is 6. The Kier molecular flexibility index (Phi) is 8.83. The number of aromatic nitrogens is 3. The molecule has 0 bridgehead atoms. The van der Waals surface area contributed by atoms with Crippen molar-refractivity contribution in [3.63, 3.8) is 0 Å². The van der Waals surface area contributed by atoms with E-state index in [4.69, 9.17) is 10.8 Å². The van der Waals surface area contributed by atoms with E-state index in [1.165, 1.54) is 17.7 Å². The molecule has 0 aliphatic carbocycles. The summed E-state index contributed by atoms with van der Waals surface area (Å²) in [5, 5.41) is 20.4. The summed E-state index contributed by atoms with van der Waals surface area (Å²) in [6.07, 6.45) is 4.51. The molecule has 0 spiro atoms. The van der Waals surface area contributed by atoms with E-state index in [0.717, 1.165) is 28.3 Å². The Morgan fingerprint density at radius 1 is 1.05 bits per heavy atom. The fourth-order valence-corrected chi connectivity index (χ4v) is 4.28. The van der Waals surface area contributed by atoms with Crippen LogP contribution in [0, 0.1) is 0 Å². The lowest BCUT2D eigenvalue weighted by Crippen LogP contribution is -2.45. The number of phenols is 1. The van der Waals surface area contributed by atoms with Crippen LogP contribution in [0.25, 0.3) is 16.9 Å². The van der Waals surface area contributed by atoms with Crippen molar-refractivity contribution in [3.05, 3.63) is 90.3 Å². The molecule has 0 radical (unpaired) electrons. The second-order valence-electron chi connectivity index (χ2n) is 10.8. The number of carbonyl (C=O) groups excluding carboxylic acids is 2. The fraction of sp³-hybridized carbons (Fsp3) is 0.290. The van der Waals surface area contributed by atoms with Gasteiger partial charge in [0, 0.05) is 43.4 Å². The van der Waals surface area contributed by atoms with Gasteiger partial charge >= 0.3 is 0 Å². The highest BCUT2D eigenvalue weighted by Crippen LogP contribution is 2.27. The molecule has 208 valence electrons. The minimum Gasteiger partial charge on any atom is -0.508 e. The zero-order valence-corrected chi connectivity index (χ0v) is 23.1. The Bertz CT molecular complexity index is 1420. The number of nitrogens with zero attached hydrogens (tertiary/aromatic N) is 3. The first kappa shape index (κ1) is 28.4. The molecule has 0 saturated heterocycles. The van der Waals surface area contributed by atoms with Gasteiger partial charge in [-0.3, -0.25) is 14.6 Å². The molecule has 1 atom stereocenters. The second kappa shape index (κ2) is 12.5. The molecule has 2 amide bonds. The third kappa shape index (κ3) is 7.47. The summed E-state index contributed by atoms with van der Waals surface area (Å²) in [5.41, 5.74) is 10.2. The molecule has 2 aromatic heterocycles. The molecule has 40 heavy (non-hydrogen) atoms. The van der Waals surface area contributed by atoms with Crippen LogP contribution >= 0.6 is 0 Å². The number of phenolic OH excluding ortho intramolecular Hbond substituents is 1. The van der Waals surface area contributed by atoms with Gasteiger partial charge in [0.15, 0.2) is 0 Å². The van der Waals surface area contributed by atoms with Crippen LogP contribution < -0.4 is 16.4 Å².